The lowest BCUT2D eigenvalue weighted by Gasteiger charge is -2.32. The molecule has 1 aromatic carbocycles. The standard InChI is InChI=1S/C24H39N5O/c1-2-25-24(29-16-11-23(18-29)27-12-3-4-13-27)26-17-20-5-7-22(8-6-20)28-14-9-21(19-30)10-15-28/h5-8,21,23,30H,2-4,9-19H2,1H3,(H,25,26). The molecule has 3 aliphatic heterocycles. The molecule has 0 spiro atoms. The molecular weight excluding hydrogens is 374 g/mol. The van der Waals surface area contributed by atoms with E-state index in [1.165, 1.54) is 43.6 Å². The van der Waals surface area contributed by atoms with E-state index < -0.39 is 0 Å². The van der Waals surface area contributed by atoms with E-state index in [0.29, 0.717) is 18.6 Å². The van der Waals surface area contributed by atoms with Crippen molar-refractivity contribution < 1.29 is 5.11 Å². The maximum Gasteiger partial charge on any atom is 0.194 e. The summed E-state index contributed by atoms with van der Waals surface area (Å²) in [7, 11) is 0. The number of rotatable bonds is 6. The van der Waals surface area contributed by atoms with Crippen LogP contribution in [0.4, 0.5) is 5.69 Å². The van der Waals surface area contributed by atoms with Crippen LogP contribution in [-0.4, -0.2) is 79.3 Å². The Balaban J connectivity index is 1.32. The Labute approximate surface area is 182 Å². The molecule has 0 amide bonds. The normalized spacial score (nSPS) is 24.1. The van der Waals surface area contributed by atoms with Crippen LogP contribution in [0, 0.1) is 5.92 Å². The highest BCUT2D eigenvalue weighted by Gasteiger charge is 2.30. The third kappa shape index (κ3) is 5.27. The van der Waals surface area contributed by atoms with Gasteiger partial charge in [0.2, 0.25) is 0 Å². The van der Waals surface area contributed by atoms with Crippen molar-refractivity contribution in [1.29, 1.82) is 0 Å². The van der Waals surface area contributed by atoms with E-state index in [2.05, 4.69) is 51.2 Å². The SMILES string of the molecule is CCNC(=NCc1ccc(N2CCC(CO)CC2)cc1)N1CCC(N2CCCC2)C1. The minimum Gasteiger partial charge on any atom is -0.396 e. The molecule has 0 aliphatic carbocycles. The van der Waals surface area contributed by atoms with Gasteiger partial charge in [0.1, 0.15) is 0 Å². The summed E-state index contributed by atoms with van der Waals surface area (Å²) in [5.41, 5.74) is 2.55. The minimum atomic E-state index is 0.328. The molecule has 1 unspecified atom stereocenters. The van der Waals surface area contributed by atoms with Gasteiger partial charge in [-0.15, -0.1) is 0 Å². The molecule has 4 rings (SSSR count). The highest BCUT2D eigenvalue weighted by atomic mass is 16.3. The largest absolute Gasteiger partial charge is 0.396 e. The summed E-state index contributed by atoms with van der Waals surface area (Å²) in [6.07, 6.45) is 6.15. The maximum absolute atomic E-state index is 9.33. The van der Waals surface area contributed by atoms with E-state index in [1.807, 2.05) is 0 Å². The second-order valence-corrected chi connectivity index (χ2v) is 9.08. The second kappa shape index (κ2) is 10.5. The van der Waals surface area contributed by atoms with Gasteiger partial charge < -0.3 is 20.2 Å². The number of piperidine rings is 1. The predicted molar refractivity (Wildman–Crippen MR) is 124 cm³/mol. The number of nitrogens with one attached hydrogen (secondary N) is 1. The Bertz CT molecular complexity index is 677. The number of likely N-dealkylation sites (tertiary alicyclic amines) is 2. The number of aliphatic hydroxyl groups excluding tert-OH is 1. The number of nitrogens with zero attached hydrogens (tertiary/aromatic N) is 4. The lowest BCUT2D eigenvalue weighted by molar-refractivity contribution is 0.203. The molecule has 0 radical (unpaired) electrons. The molecule has 0 bridgehead atoms. The Morgan fingerprint density at radius 3 is 2.43 bits per heavy atom. The number of anilines is 1. The van der Waals surface area contributed by atoms with Gasteiger partial charge in [-0.05, 0) is 75.7 Å². The van der Waals surface area contributed by atoms with E-state index in [0.717, 1.165) is 58.1 Å². The lowest BCUT2D eigenvalue weighted by Crippen LogP contribution is -2.42. The molecule has 1 atom stereocenters. The van der Waals surface area contributed by atoms with Crippen molar-refractivity contribution in [3.05, 3.63) is 29.8 Å². The summed E-state index contributed by atoms with van der Waals surface area (Å²) in [4.78, 5) is 12.5. The van der Waals surface area contributed by atoms with Gasteiger partial charge in [-0.2, -0.15) is 0 Å². The monoisotopic (exact) mass is 413 g/mol. The van der Waals surface area contributed by atoms with Crippen LogP contribution in [0.3, 0.4) is 0 Å². The van der Waals surface area contributed by atoms with Gasteiger partial charge in [-0.25, -0.2) is 4.99 Å². The molecule has 1 aromatic rings. The summed E-state index contributed by atoms with van der Waals surface area (Å²) >= 11 is 0. The zero-order chi connectivity index (χ0) is 20.8. The topological polar surface area (TPSA) is 54.3 Å². The van der Waals surface area contributed by atoms with Crippen molar-refractivity contribution >= 4 is 11.6 Å². The van der Waals surface area contributed by atoms with Crippen molar-refractivity contribution in [1.82, 2.24) is 15.1 Å². The Kier molecular flexibility index (Phi) is 7.50. The van der Waals surface area contributed by atoms with E-state index in [9.17, 15) is 5.11 Å². The third-order valence-corrected chi connectivity index (χ3v) is 7.04. The average Bonchev–Trinajstić information content (AvgIpc) is 3.49. The molecule has 0 aromatic heterocycles. The number of hydrogen-bond acceptors (Lipinski definition) is 4. The highest BCUT2D eigenvalue weighted by Crippen LogP contribution is 2.24. The number of benzene rings is 1. The summed E-state index contributed by atoms with van der Waals surface area (Å²) in [5, 5.41) is 12.8. The zero-order valence-corrected chi connectivity index (χ0v) is 18.6. The molecule has 0 saturated carbocycles. The fourth-order valence-corrected chi connectivity index (χ4v) is 5.12. The molecular formula is C24H39N5O. The average molecular weight is 414 g/mol. The molecule has 6 heteroatoms. The molecule has 3 fully saturated rings. The molecule has 166 valence electrons. The van der Waals surface area contributed by atoms with E-state index in [4.69, 9.17) is 4.99 Å². The summed E-state index contributed by atoms with van der Waals surface area (Å²) in [6, 6.07) is 9.60. The molecule has 3 aliphatic rings. The van der Waals surface area contributed by atoms with Gasteiger partial charge in [0.25, 0.3) is 0 Å². The third-order valence-electron chi connectivity index (χ3n) is 7.04. The minimum absolute atomic E-state index is 0.328. The van der Waals surface area contributed by atoms with E-state index >= 15 is 0 Å². The van der Waals surface area contributed by atoms with E-state index in [-0.39, 0.29) is 0 Å². The molecule has 30 heavy (non-hydrogen) atoms. The van der Waals surface area contributed by atoms with Crippen molar-refractivity contribution in [3.8, 4) is 0 Å². The highest BCUT2D eigenvalue weighted by molar-refractivity contribution is 5.80. The predicted octanol–water partition coefficient (Wildman–Crippen LogP) is 2.53. The Morgan fingerprint density at radius 2 is 1.77 bits per heavy atom. The summed E-state index contributed by atoms with van der Waals surface area (Å²) in [6.45, 7) is 11.0. The molecule has 3 heterocycles. The van der Waals surface area contributed by atoms with Crippen LogP contribution in [0.2, 0.25) is 0 Å². The van der Waals surface area contributed by atoms with Gasteiger partial charge in [0.05, 0.1) is 6.54 Å². The summed E-state index contributed by atoms with van der Waals surface area (Å²) in [5.74, 6) is 1.55. The first-order valence-corrected chi connectivity index (χ1v) is 12.0. The van der Waals surface area contributed by atoms with Crippen LogP contribution < -0.4 is 10.2 Å². The van der Waals surface area contributed by atoms with Crippen LogP contribution in [0.25, 0.3) is 0 Å². The molecule has 3 saturated heterocycles. The smallest absolute Gasteiger partial charge is 0.194 e. The first-order chi connectivity index (χ1) is 14.8. The zero-order valence-electron chi connectivity index (χ0n) is 18.6. The van der Waals surface area contributed by atoms with Gasteiger partial charge in [-0.1, -0.05) is 12.1 Å². The second-order valence-electron chi connectivity index (χ2n) is 9.08. The van der Waals surface area contributed by atoms with E-state index in [1.54, 1.807) is 0 Å². The van der Waals surface area contributed by atoms with Crippen molar-refractivity contribution in [2.75, 3.05) is 57.3 Å². The number of aliphatic imine (C=N–C) groups is 1. The lowest BCUT2D eigenvalue weighted by atomic mass is 9.97. The Hall–Kier alpha value is -1.79. The van der Waals surface area contributed by atoms with Crippen molar-refractivity contribution in [2.24, 2.45) is 10.9 Å². The van der Waals surface area contributed by atoms with Crippen LogP contribution in [0.1, 0.15) is 44.6 Å². The quantitative estimate of drug-likeness (QED) is 0.554. The van der Waals surface area contributed by atoms with Crippen LogP contribution in [0.5, 0.6) is 0 Å². The van der Waals surface area contributed by atoms with Crippen LogP contribution in [0.15, 0.2) is 29.3 Å². The fraction of sp³-hybridized carbons (Fsp3) is 0.708. The van der Waals surface area contributed by atoms with Gasteiger partial charge in [0, 0.05) is 51.1 Å². The first kappa shape index (κ1) is 21.4. The van der Waals surface area contributed by atoms with Gasteiger partial charge >= 0.3 is 0 Å². The molecule has 6 nitrogen and oxygen atoms in total. The number of hydrogen-bond donors (Lipinski definition) is 2. The van der Waals surface area contributed by atoms with Gasteiger partial charge in [-0.3, -0.25) is 4.90 Å². The van der Waals surface area contributed by atoms with Crippen molar-refractivity contribution in [3.63, 3.8) is 0 Å². The Morgan fingerprint density at radius 1 is 1.03 bits per heavy atom. The van der Waals surface area contributed by atoms with Gasteiger partial charge in [0.15, 0.2) is 5.96 Å². The first-order valence-electron chi connectivity index (χ1n) is 12.0. The fourth-order valence-electron chi connectivity index (χ4n) is 5.12. The summed E-state index contributed by atoms with van der Waals surface area (Å²) < 4.78 is 0. The van der Waals surface area contributed by atoms with Crippen molar-refractivity contribution in [2.45, 2.75) is 51.6 Å². The number of guanidine groups is 1. The molecule has 2 N–H and O–H groups in total. The number of aliphatic hydroxyl groups is 1. The van der Waals surface area contributed by atoms with Crippen LogP contribution >= 0.6 is 0 Å². The van der Waals surface area contributed by atoms with Crippen LogP contribution in [-0.2, 0) is 6.54 Å². The maximum atomic E-state index is 9.33.